The highest BCUT2D eigenvalue weighted by atomic mass is 16.3. The Bertz CT molecular complexity index is 477. The van der Waals surface area contributed by atoms with Gasteiger partial charge >= 0.3 is 0 Å². The second-order valence-corrected chi connectivity index (χ2v) is 7.93. The third-order valence-corrected chi connectivity index (χ3v) is 6.35. The normalized spacial score (nSPS) is 42.8. The lowest BCUT2D eigenvalue weighted by Gasteiger charge is -2.37. The molecule has 0 bridgehead atoms. The summed E-state index contributed by atoms with van der Waals surface area (Å²) < 4.78 is 0. The average Bonchev–Trinajstić information content (AvgIpc) is 2.74. The zero-order valence-electron chi connectivity index (χ0n) is 13.8. The molecule has 3 rings (SSSR count). The molecule has 0 radical (unpaired) electrons. The largest absolute Gasteiger partial charge is 0.509 e. The van der Waals surface area contributed by atoms with Crippen molar-refractivity contribution in [2.24, 2.45) is 23.7 Å². The van der Waals surface area contributed by atoms with Crippen LogP contribution in [0, 0.1) is 23.7 Å². The SMILES string of the molecule is CC1CCC(C)C(C2=C(O)C3(CCC(CO)CC3)NC2=O)C1. The summed E-state index contributed by atoms with van der Waals surface area (Å²) in [4.78, 5) is 12.6. The summed E-state index contributed by atoms with van der Waals surface area (Å²) in [5, 5.41) is 23.3. The predicted molar refractivity (Wildman–Crippen MR) is 85.2 cm³/mol. The van der Waals surface area contributed by atoms with Gasteiger partial charge in [0.15, 0.2) is 0 Å². The molecular weight excluding hydrogens is 278 g/mol. The number of amides is 1. The van der Waals surface area contributed by atoms with Crippen LogP contribution < -0.4 is 5.32 Å². The molecule has 1 heterocycles. The van der Waals surface area contributed by atoms with Gasteiger partial charge < -0.3 is 15.5 Å². The molecule has 3 N–H and O–H groups in total. The minimum Gasteiger partial charge on any atom is -0.509 e. The van der Waals surface area contributed by atoms with Crippen LogP contribution in [0.2, 0.25) is 0 Å². The summed E-state index contributed by atoms with van der Waals surface area (Å²) in [5.74, 6) is 1.86. The van der Waals surface area contributed by atoms with Crippen LogP contribution in [0.25, 0.3) is 0 Å². The standard InChI is InChI=1S/C18H29NO3/c1-11-3-4-12(2)14(9-11)15-16(21)18(19-17(15)22)7-5-13(10-20)6-8-18/h11-14,20-21H,3-10H2,1-2H3,(H,19,22). The van der Waals surface area contributed by atoms with E-state index in [4.69, 9.17) is 0 Å². The van der Waals surface area contributed by atoms with Crippen LogP contribution in [0.5, 0.6) is 0 Å². The van der Waals surface area contributed by atoms with Gasteiger partial charge in [0.05, 0.1) is 11.1 Å². The van der Waals surface area contributed by atoms with Crippen molar-refractivity contribution in [2.75, 3.05) is 6.61 Å². The van der Waals surface area contributed by atoms with Gasteiger partial charge in [0.1, 0.15) is 5.76 Å². The molecule has 22 heavy (non-hydrogen) atoms. The fourth-order valence-corrected chi connectivity index (χ4v) is 4.70. The van der Waals surface area contributed by atoms with Gasteiger partial charge in [0, 0.05) is 6.61 Å². The van der Waals surface area contributed by atoms with Gasteiger partial charge in [-0.1, -0.05) is 20.3 Å². The van der Waals surface area contributed by atoms with Crippen molar-refractivity contribution in [1.29, 1.82) is 0 Å². The number of carbonyl (C=O) groups is 1. The first-order chi connectivity index (χ1) is 10.5. The molecule has 0 aromatic rings. The molecule has 0 aromatic carbocycles. The van der Waals surface area contributed by atoms with Crippen molar-refractivity contribution < 1.29 is 15.0 Å². The first-order valence-corrected chi connectivity index (χ1v) is 8.84. The summed E-state index contributed by atoms with van der Waals surface area (Å²) in [6.45, 7) is 4.65. The molecule has 3 unspecified atom stereocenters. The van der Waals surface area contributed by atoms with E-state index in [1.165, 1.54) is 6.42 Å². The minimum atomic E-state index is -0.543. The molecule has 2 saturated carbocycles. The summed E-state index contributed by atoms with van der Waals surface area (Å²) in [5.41, 5.74) is 0.125. The zero-order valence-corrected chi connectivity index (χ0v) is 13.8. The Morgan fingerprint density at radius 3 is 2.50 bits per heavy atom. The third kappa shape index (κ3) is 2.55. The molecule has 3 atom stereocenters. The third-order valence-electron chi connectivity index (χ3n) is 6.35. The quantitative estimate of drug-likeness (QED) is 0.734. The fourth-order valence-electron chi connectivity index (χ4n) is 4.70. The van der Waals surface area contributed by atoms with Gasteiger partial charge in [0.2, 0.25) is 0 Å². The number of aliphatic hydroxyl groups excluding tert-OH is 2. The zero-order chi connectivity index (χ0) is 15.9. The first kappa shape index (κ1) is 15.9. The fraction of sp³-hybridized carbons (Fsp3) is 0.833. The van der Waals surface area contributed by atoms with Crippen LogP contribution in [0.15, 0.2) is 11.3 Å². The highest BCUT2D eigenvalue weighted by molar-refractivity contribution is 5.98. The molecule has 4 heteroatoms. The summed E-state index contributed by atoms with van der Waals surface area (Å²) in [6.07, 6.45) is 6.58. The van der Waals surface area contributed by atoms with E-state index in [-0.39, 0.29) is 18.4 Å². The van der Waals surface area contributed by atoms with Crippen LogP contribution in [-0.4, -0.2) is 28.3 Å². The van der Waals surface area contributed by atoms with Gasteiger partial charge in [-0.15, -0.1) is 0 Å². The average molecular weight is 307 g/mol. The van der Waals surface area contributed by atoms with Crippen LogP contribution in [0.1, 0.15) is 58.8 Å². The first-order valence-electron chi connectivity index (χ1n) is 8.84. The van der Waals surface area contributed by atoms with Crippen molar-refractivity contribution in [3.8, 4) is 0 Å². The molecule has 0 aromatic heterocycles. The molecule has 1 spiro atoms. The van der Waals surface area contributed by atoms with E-state index in [0.717, 1.165) is 38.5 Å². The summed E-state index contributed by atoms with van der Waals surface area (Å²) >= 11 is 0. The highest BCUT2D eigenvalue weighted by Crippen LogP contribution is 2.46. The Balaban J connectivity index is 1.85. The van der Waals surface area contributed by atoms with Crippen molar-refractivity contribution in [1.82, 2.24) is 5.32 Å². The van der Waals surface area contributed by atoms with E-state index in [9.17, 15) is 15.0 Å². The maximum absolute atomic E-state index is 12.6. The Morgan fingerprint density at radius 1 is 1.18 bits per heavy atom. The molecular formula is C18H29NO3. The molecule has 2 aliphatic carbocycles. The number of rotatable bonds is 2. The van der Waals surface area contributed by atoms with Gasteiger partial charge in [0.25, 0.3) is 5.91 Å². The lowest BCUT2D eigenvalue weighted by Crippen LogP contribution is -2.47. The van der Waals surface area contributed by atoms with Gasteiger partial charge in [-0.25, -0.2) is 0 Å². The van der Waals surface area contributed by atoms with E-state index in [1.54, 1.807) is 0 Å². The lowest BCUT2D eigenvalue weighted by atomic mass is 9.70. The number of aliphatic hydroxyl groups is 2. The molecule has 4 nitrogen and oxygen atoms in total. The second kappa shape index (κ2) is 5.88. The van der Waals surface area contributed by atoms with Crippen LogP contribution in [-0.2, 0) is 4.79 Å². The smallest absolute Gasteiger partial charge is 0.251 e. The Labute approximate surface area is 133 Å². The van der Waals surface area contributed by atoms with E-state index in [0.29, 0.717) is 29.1 Å². The van der Waals surface area contributed by atoms with E-state index >= 15 is 0 Å². The van der Waals surface area contributed by atoms with Crippen molar-refractivity contribution in [3.05, 3.63) is 11.3 Å². The van der Waals surface area contributed by atoms with E-state index in [2.05, 4.69) is 19.2 Å². The number of carbonyl (C=O) groups excluding carboxylic acids is 1. The number of hydrogen-bond donors (Lipinski definition) is 3. The molecule has 0 saturated heterocycles. The molecule has 2 fully saturated rings. The number of hydrogen-bond acceptors (Lipinski definition) is 3. The Morgan fingerprint density at radius 2 is 1.86 bits per heavy atom. The van der Waals surface area contributed by atoms with Gasteiger partial charge in [-0.05, 0) is 62.2 Å². The second-order valence-electron chi connectivity index (χ2n) is 7.93. The van der Waals surface area contributed by atoms with Gasteiger partial charge in [-0.3, -0.25) is 4.79 Å². The maximum atomic E-state index is 12.6. The molecule has 3 aliphatic rings. The predicted octanol–water partition coefficient (Wildman–Crippen LogP) is 2.92. The van der Waals surface area contributed by atoms with E-state index in [1.807, 2.05) is 0 Å². The monoisotopic (exact) mass is 307 g/mol. The van der Waals surface area contributed by atoms with Crippen LogP contribution in [0.4, 0.5) is 0 Å². The Kier molecular flexibility index (Phi) is 4.23. The maximum Gasteiger partial charge on any atom is 0.251 e. The van der Waals surface area contributed by atoms with Crippen molar-refractivity contribution in [2.45, 2.75) is 64.3 Å². The summed E-state index contributed by atoms with van der Waals surface area (Å²) in [6, 6.07) is 0. The van der Waals surface area contributed by atoms with E-state index < -0.39 is 5.54 Å². The molecule has 124 valence electrons. The summed E-state index contributed by atoms with van der Waals surface area (Å²) in [7, 11) is 0. The number of nitrogens with one attached hydrogen (secondary N) is 1. The lowest BCUT2D eigenvalue weighted by molar-refractivity contribution is -0.118. The topological polar surface area (TPSA) is 69.6 Å². The Hall–Kier alpha value is -1.03. The van der Waals surface area contributed by atoms with Crippen LogP contribution >= 0.6 is 0 Å². The van der Waals surface area contributed by atoms with Gasteiger partial charge in [-0.2, -0.15) is 0 Å². The van der Waals surface area contributed by atoms with Crippen molar-refractivity contribution >= 4 is 5.91 Å². The van der Waals surface area contributed by atoms with Crippen molar-refractivity contribution in [3.63, 3.8) is 0 Å². The van der Waals surface area contributed by atoms with Crippen LogP contribution in [0.3, 0.4) is 0 Å². The molecule has 1 aliphatic heterocycles. The minimum absolute atomic E-state index is 0.0501. The molecule has 1 amide bonds. The highest BCUT2D eigenvalue weighted by Gasteiger charge is 2.50.